The van der Waals surface area contributed by atoms with E-state index in [4.69, 9.17) is 23.2 Å². The van der Waals surface area contributed by atoms with Crippen molar-refractivity contribution < 1.29 is 4.79 Å². The Hall–Kier alpha value is -0.990. The third-order valence-corrected chi connectivity index (χ3v) is 3.03. The van der Waals surface area contributed by atoms with Gasteiger partial charge in [0.15, 0.2) is 5.78 Å². The molecule has 1 aliphatic heterocycles. The van der Waals surface area contributed by atoms with Crippen LogP contribution in [-0.2, 0) is 4.79 Å². The Labute approximate surface area is 97.9 Å². The van der Waals surface area contributed by atoms with E-state index in [0.717, 1.165) is 11.3 Å². The highest BCUT2D eigenvalue weighted by Gasteiger charge is 2.19. The Balaban J connectivity index is 2.59. The lowest BCUT2D eigenvalue weighted by molar-refractivity contribution is -0.113. The maximum absolute atomic E-state index is 11.3. The molecule has 1 N–H and O–H groups in total. The van der Waals surface area contributed by atoms with Gasteiger partial charge in [-0.1, -0.05) is 23.2 Å². The number of hydrogen-bond acceptors (Lipinski definition) is 2. The van der Waals surface area contributed by atoms with Gasteiger partial charge in [0.05, 0.1) is 5.03 Å². The van der Waals surface area contributed by atoms with Crippen LogP contribution in [0.2, 0.25) is 5.02 Å². The molecule has 1 aromatic rings. The zero-order valence-electron chi connectivity index (χ0n) is 8.10. The van der Waals surface area contributed by atoms with Crippen LogP contribution in [0.4, 0.5) is 5.69 Å². The predicted octanol–water partition coefficient (Wildman–Crippen LogP) is 3.30. The van der Waals surface area contributed by atoms with Gasteiger partial charge in [0, 0.05) is 28.4 Å². The van der Waals surface area contributed by atoms with Gasteiger partial charge in [0.2, 0.25) is 0 Å². The zero-order chi connectivity index (χ0) is 11.0. The van der Waals surface area contributed by atoms with E-state index in [-0.39, 0.29) is 5.78 Å². The largest absolute Gasteiger partial charge is 0.380 e. The first-order valence-electron chi connectivity index (χ1n) is 4.53. The molecule has 0 bridgehead atoms. The Kier molecular flexibility index (Phi) is 2.72. The summed E-state index contributed by atoms with van der Waals surface area (Å²) in [7, 11) is 0. The molecule has 0 fully saturated rings. The van der Waals surface area contributed by atoms with Gasteiger partial charge < -0.3 is 5.32 Å². The molecule has 0 unspecified atom stereocenters. The molecule has 1 aromatic carbocycles. The van der Waals surface area contributed by atoms with Crippen molar-refractivity contribution in [3.63, 3.8) is 0 Å². The van der Waals surface area contributed by atoms with Crippen LogP contribution >= 0.6 is 23.2 Å². The molecule has 0 saturated heterocycles. The summed E-state index contributed by atoms with van der Waals surface area (Å²) >= 11 is 12.0. The first-order valence-corrected chi connectivity index (χ1v) is 5.28. The van der Waals surface area contributed by atoms with Gasteiger partial charge in [-0.25, -0.2) is 0 Å². The van der Waals surface area contributed by atoms with Crippen molar-refractivity contribution in [3.8, 4) is 0 Å². The smallest absolute Gasteiger partial charge is 0.159 e. The number of carbonyl (C=O) groups excluding carboxylic acids is 1. The van der Waals surface area contributed by atoms with Crippen molar-refractivity contribution in [1.82, 2.24) is 0 Å². The summed E-state index contributed by atoms with van der Waals surface area (Å²) in [6.07, 6.45) is 0. The first kappa shape index (κ1) is 10.5. The summed E-state index contributed by atoms with van der Waals surface area (Å²) in [5.74, 6) is -0.0156. The standard InChI is InChI=1S/C11H9Cl2NO/c1-6(15)9-5-14-10-3-2-7(12)4-8(10)11(9)13/h2-4,14H,5H2,1H3. The van der Waals surface area contributed by atoms with E-state index in [1.807, 2.05) is 6.07 Å². The molecule has 2 rings (SSSR count). The summed E-state index contributed by atoms with van der Waals surface area (Å²) in [5, 5.41) is 4.24. The molecule has 0 aromatic heterocycles. The van der Waals surface area contributed by atoms with Crippen LogP contribution in [0, 0.1) is 0 Å². The number of halogens is 2. The molecule has 0 saturated carbocycles. The molecular weight excluding hydrogens is 233 g/mol. The highest BCUT2D eigenvalue weighted by atomic mass is 35.5. The molecule has 15 heavy (non-hydrogen) atoms. The molecule has 2 nitrogen and oxygen atoms in total. The van der Waals surface area contributed by atoms with E-state index in [2.05, 4.69) is 5.32 Å². The minimum absolute atomic E-state index is 0.0156. The number of hydrogen-bond donors (Lipinski definition) is 1. The Bertz CT molecular complexity index is 466. The SMILES string of the molecule is CC(=O)C1=C(Cl)c2cc(Cl)ccc2NC1. The topological polar surface area (TPSA) is 29.1 Å². The van der Waals surface area contributed by atoms with Crippen LogP contribution in [0.1, 0.15) is 12.5 Å². The summed E-state index contributed by atoms with van der Waals surface area (Å²) in [6.45, 7) is 1.98. The Morgan fingerprint density at radius 3 is 2.80 bits per heavy atom. The number of ketones is 1. The maximum Gasteiger partial charge on any atom is 0.159 e. The van der Waals surface area contributed by atoms with Gasteiger partial charge >= 0.3 is 0 Å². The maximum atomic E-state index is 11.3. The monoisotopic (exact) mass is 241 g/mol. The molecule has 0 amide bonds. The normalized spacial score (nSPS) is 14.6. The first-order chi connectivity index (χ1) is 7.09. The van der Waals surface area contributed by atoms with Crippen LogP contribution in [0.3, 0.4) is 0 Å². The second kappa shape index (κ2) is 3.87. The Morgan fingerprint density at radius 2 is 2.13 bits per heavy atom. The quantitative estimate of drug-likeness (QED) is 0.818. The van der Waals surface area contributed by atoms with Crippen molar-refractivity contribution in [2.45, 2.75) is 6.92 Å². The molecule has 1 aliphatic rings. The third kappa shape index (κ3) is 1.87. The summed E-state index contributed by atoms with van der Waals surface area (Å²) < 4.78 is 0. The molecule has 0 atom stereocenters. The van der Waals surface area contributed by atoms with Crippen molar-refractivity contribution >= 4 is 39.7 Å². The van der Waals surface area contributed by atoms with E-state index in [9.17, 15) is 4.79 Å². The molecule has 0 radical (unpaired) electrons. The van der Waals surface area contributed by atoms with Gasteiger partial charge in [-0.3, -0.25) is 4.79 Å². The fourth-order valence-electron chi connectivity index (χ4n) is 1.56. The predicted molar refractivity (Wildman–Crippen MR) is 63.4 cm³/mol. The highest BCUT2D eigenvalue weighted by molar-refractivity contribution is 6.52. The average Bonchev–Trinajstić information content (AvgIpc) is 2.19. The van der Waals surface area contributed by atoms with Crippen LogP contribution in [-0.4, -0.2) is 12.3 Å². The fourth-order valence-corrected chi connectivity index (χ4v) is 2.08. The number of benzene rings is 1. The van der Waals surface area contributed by atoms with Gasteiger partial charge in [-0.05, 0) is 25.1 Å². The molecule has 4 heteroatoms. The molecule has 0 aliphatic carbocycles. The number of nitrogens with one attached hydrogen (secondary N) is 1. The molecule has 0 spiro atoms. The molecule has 78 valence electrons. The van der Waals surface area contributed by atoms with Gasteiger partial charge in [-0.15, -0.1) is 0 Å². The minimum atomic E-state index is -0.0156. The second-order valence-corrected chi connectivity index (χ2v) is 4.21. The number of Topliss-reactive ketones (excluding diaryl/α,β-unsaturated/α-hetero) is 1. The summed E-state index contributed by atoms with van der Waals surface area (Å²) in [4.78, 5) is 11.3. The number of rotatable bonds is 1. The summed E-state index contributed by atoms with van der Waals surface area (Å²) in [6, 6.07) is 5.40. The molecule has 1 heterocycles. The lowest BCUT2D eigenvalue weighted by Crippen LogP contribution is -2.17. The lowest BCUT2D eigenvalue weighted by atomic mass is 10.0. The van der Waals surface area contributed by atoms with Crippen LogP contribution in [0.15, 0.2) is 23.8 Å². The summed E-state index contributed by atoms with van der Waals surface area (Å²) in [5.41, 5.74) is 2.31. The van der Waals surface area contributed by atoms with Crippen LogP contribution < -0.4 is 5.32 Å². The van der Waals surface area contributed by atoms with E-state index in [0.29, 0.717) is 22.2 Å². The zero-order valence-corrected chi connectivity index (χ0v) is 9.62. The second-order valence-electron chi connectivity index (χ2n) is 3.39. The van der Waals surface area contributed by atoms with Crippen molar-refractivity contribution in [2.24, 2.45) is 0 Å². The number of fused-ring (bicyclic) bond motifs is 1. The lowest BCUT2D eigenvalue weighted by Gasteiger charge is -2.20. The Morgan fingerprint density at radius 1 is 1.40 bits per heavy atom. The average molecular weight is 242 g/mol. The van der Waals surface area contributed by atoms with Crippen molar-refractivity contribution in [3.05, 3.63) is 34.4 Å². The van der Waals surface area contributed by atoms with Gasteiger partial charge in [0.25, 0.3) is 0 Å². The van der Waals surface area contributed by atoms with Gasteiger partial charge in [-0.2, -0.15) is 0 Å². The van der Waals surface area contributed by atoms with Crippen LogP contribution in [0.25, 0.3) is 5.03 Å². The number of anilines is 1. The van der Waals surface area contributed by atoms with Crippen LogP contribution in [0.5, 0.6) is 0 Å². The minimum Gasteiger partial charge on any atom is -0.380 e. The van der Waals surface area contributed by atoms with E-state index >= 15 is 0 Å². The third-order valence-electron chi connectivity index (χ3n) is 2.36. The van der Waals surface area contributed by atoms with E-state index in [1.165, 1.54) is 6.92 Å². The van der Waals surface area contributed by atoms with E-state index < -0.39 is 0 Å². The highest BCUT2D eigenvalue weighted by Crippen LogP contribution is 2.35. The fraction of sp³-hybridized carbons (Fsp3) is 0.182. The van der Waals surface area contributed by atoms with E-state index in [1.54, 1.807) is 12.1 Å². The van der Waals surface area contributed by atoms with Crippen molar-refractivity contribution in [1.29, 1.82) is 0 Å². The van der Waals surface area contributed by atoms with Gasteiger partial charge in [0.1, 0.15) is 0 Å². The number of carbonyl (C=O) groups is 1. The van der Waals surface area contributed by atoms with Crippen molar-refractivity contribution in [2.75, 3.05) is 11.9 Å². The molecular formula is C11H9Cl2NO.